The van der Waals surface area contributed by atoms with Gasteiger partial charge in [0.15, 0.2) is 0 Å². The number of aromatic nitrogens is 2. The van der Waals surface area contributed by atoms with Gasteiger partial charge in [-0.1, -0.05) is 38.4 Å². The topological polar surface area (TPSA) is 44.1 Å². The van der Waals surface area contributed by atoms with Crippen LogP contribution in [0, 0.1) is 5.92 Å². The van der Waals surface area contributed by atoms with Crippen LogP contribution in [0.4, 0.5) is 0 Å². The van der Waals surface area contributed by atoms with Crippen LogP contribution in [0.2, 0.25) is 5.02 Å². The minimum absolute atomic E-state index is 0.192. The van der Waals surface area contributed by atoms with E-state index in [0.29, 0.717) is 10.9 Å². The summed E-state index contributed by atoms with van der Waals surface area (Å²) in [6.45, 7) is 5.59. The predicted octanol–water partition coefficient (Wildman–Crippen LogP) is 3.65. The highest BCUT2D eigenvalue weighted by molar-refractivity contribution is 6.30. The molecule has 1 aromatic heterocycles. The first kappa shape index (κ1) is 14.6. The monoisotopic (exact) mass is 292 g/mol. The van der Waals surface area contributed by atoms with E-state index in [2.05, 4.69) is 5.10 Å². The number of halogens is 1. The number of nitrogens with zero attached hydrogens (tertiary/aromatic N) is 2. The Morgan fingerprint density at radius 2 is 2.15 bits per heavy atom. The number of hydrogen-bond acceptors (Lipinski definition) is 3. The third-order valence-corrected chi connectivity index (χ3v) is 3.05. The number of esters is 1. The summed E-state index contributed by atoms with van der Waals surface area (Å²) in [4.78, 5) is 11.8. The molecule has 5 heteroatoms. The minimum Gasteiger partial charge on any atom is -0.407 e. The van der Waals surface area contributed by atoms with Gasteiger partial charge in [0.1, 0.15) is 0 Å². The van der Waals surface area contributed by atoms with E-state index in [9.17, 15) is 4.79 Å². The van der Waals surface area contributed by atoms with Crippen molar-refractivity contribution < 1.29 is 9.53 Å². The maximum Gasteiger partial charge on any atom is 0.315 e. The van der Waals surface area contributed by atoms with Crippen molar-refractivity contribution in [3.63, 3.8) is 0 Å². The van der Waals surface area contributed by atoms with Crippen molar-refractivity contribution in [2.24, 2.45) is 5.92 Å². The molecule has 0 aliphatic heterocycles. The molecule has 0 radical (unpaired) electrons. The maximum atomic E-state index is 11.8. The summed E-state index contributed by atoms with van der Waals surface area (Å²) in [6.07, 6.45) is 0.764. The summed E-state index contributed by atoms with van der Waals surface area (Å²) >= 11 is 6.00. The zero-order chi connectivity index (χ0) is 14.7. The van der Waals surface area contributed by atoms with Gasteiger partial charge in [-0.05, 0) is 24.6 Å². The average molecular weight is 293 g/mol. The average Bonchev–Trinajstić information content (AvgIpc) is 2.81. The van der Waals surface area contributed by atoms with Crippen LogP contribution in [0.15, 0.2) is 30.3 Å². The van der Waals surface area contributed by atoms with E-state index in [-0.39, 0.29) is 11.9 Å². The SMILES string of the molecule is CCc1cc(OC(=O)C(C)C)n(-c2cccc(Cl)c2)n1. The lowest BCUT2D eigenvalue weighted by molar-refractivity contribution is -0.138. The zero-order valence-corrected chi connectivity index (χ0v) is 12.5. The third-order valence-electron chi connectivity index (χ3n) is 2.82. The van der Waals surface area contributed by atoms with Crippen LogP contribution in [0.5, 0.6) is 5.88 Å². The lowest BCUT2D eigenvalue weighted by Gasteiger charge is -2.09. The Bertz CT molecular complexity index is 620. The quantitative estimate of drug-likeness (QED) is 0.808. The molecule has 1 aromatic carbocycles. The molecule has 2 aromatic rings. The molecule has 106 valence electrons. The molecular formula is C15H17ClN2O2. The molecule has 0 N–H and O–H groups in total. The Kier molecular flexibility index (Phi) is 4.45. The summed E-state index contributed by atoms with van der Waals surface area (Å²) in [5.41, 5.74) is 1.63. The Morgan fingerprint density at radius 1 is 1.40 bits per heavy atom. The highest BCUT2D eigenvalue weighted by atomic mass is 35.5. The lowest BCUT2D eigenvalue weighted by Crippen LogP contribution is -2.16. The summed E-state index contributed by atoms with van der Waals surface area (Å²) < 4.78 is 7.00. The largest absolute Gasteiger partial charge is 0.407 e. The lowest BCUT2D eigenvalue weighted by atomic mass is 10.2. The Hall–Kier alpha value is -1.81. The molecule has 0 aliphatic carbocycles. The molecule has 0 spiro atoms. The normalized spacial score (nSPS) is 10.8. The van der Waals surface area contributed by atoms with Gasteiger partial charge < -0.3 is 4.74 Å². The molecule has 1 heterocycles. The highest BCUT2D eigenvalue weighted by Gasteiger charge is 2.16. The third kappa shape index (κ3) is 3.20. The van der Waals surface area contributed by atoms with E-state index >= 15 is 0 Å². The zero-order valence-electron chi connectivity index (χ0n) is 11.8. The van der Waals surface area contributed by atoms with Gasteiger partial charge in [0.05, 0.1) is 17.3 Å². The highest BCUT2D eigenvalue weighted by Crippen LogP contribution is 2.23. The fraction of sp³-hybridized carbons (Fsp3) is 0.333. The molecule has 0 saturated heterocycles. The van der Waals surface area contributed by atoms with Crippen LogP contribution in [-0.2, 0) is 11.2 Å². The number of aryl methyl sites for hydroxylation is 1. The first-order chi connectivity index (χ1) is 9.51. The van der Waals surface area contributed by atoms with E-state index in [4.69, 9.17) is 16.3 Å². The Balaban J connectivity index is 2.41. The molecule has 20 heavy (non-hydrogen) atoms. The first-order valence-corrected chi connectivity index (χ1v) is 6.95. The van der Waals surface area contributed by atoms with Crippen LogP contribution in [0.1, 0.15) is 26.5 Å². The smallest absolute Gasteiger partial charge is 0.315 e. The number of carbonyl (C=O) groups excluding carboxylic acids is 1. The minimum atomic E-state index is -0.282. The van der Waals surface area contributed by atoms with Gasteiger partial charge >= 0.3 is 5.97 Å². The first-order valence-electron chi connectivity index (χ1n) is 6.57. The van der Waals surface area contributed by atoms with Gasteiger partial charge in [0.25, 0.3) is 0 Å². The number of rotatable bonds is 4. The standard InChI is InChI=1S/C15H17ClN2O2/c1-4-12-9-14(20-15(19)10(2)3)18(17-12)13-7-5-6-11(16)8-13/h5-10H,4H2,1-3H3. The molecular weight excluding hydrogens is 276 g/mol. The van der Waals surface area contributed by atoms with Gasteiger partial charge in [0.2, 0.25) is 5.88 Å². The van der Waals surface area contributed by atoms with Gasteiger partial charge in [-0.25, -0.2) is 4.68 Å². The van der Waals surface area contributed by atoms with Crippen LogP contribution >= 0.6 is 11.6 Å². The van der Waals surface area contributed by atoms with E-state index < -0.39 is 0 Å². The maximum absolute atomic E-state index is 11.8. The number of ether oxygens (including phenoxy) is 1. The molecule has 0 amide bonds. The molecule has 0 aliphatic rings. The van der Waals surface area contributed by atoms with E-state index in [1.165, 1.54) is 0 Å². The molecule has 0 saturated carbocycles. The van der Waals surface area contributed by atoms with Crippen LogP contribution < -0.4 is 4.74 Å². The molecule has 0 atom stereocenters. The second kappa shape index (κ2) is 6.09. The van der Waals surface area contributed by atoms with Gasteiger partial charge in [-0.15, -0.1) is 0 Å². The summed E-state index contributed by atoms with van der Waals surface area (Å²) in [7, 11) is 0. The number of hydrogen-bond donors (Lipinski definition) is 0. The van der Waals surface area contributed by atoms with Crippen molar-refractivity contribution in [1.29, 1.82) is 0 Å². The van der Waals surface area contributed by atoms with Crippen molar-refractivity contribution in [3.05, 3.63) is 41.0 Å². The molecule has 0 bridgehead atoms. The van der Waals surface area contributed by atoms with E-state index in [0.717, 1.165) is 17.8 Å². The van der Waals surface area contributed by atoms with Crippen LogP contribution in [0.25, 0.3) is 5.69 Å². The van der Waals surface area contributed by atoms with Crippen LogP contribution in [-0.4, -0.2) is 15.7 Å². The Labute approximate surface area is 123 Å². The molecule has 0 unspecified atom stereocenters. The Morgan fingerprint density at radius 3 is 2.75 bits per heavy atom. The van der Waals surface area contributed by atoms with Gasteiger partial charge in [-0.3, -0.25) is 4.79 Å². The summed E-state index contributed by atoms with van der Waals surface area (Å²) in [5, 5.41) is 5.04. The second-order valence-corrected chi connectivity index (χ2v) is 5.23. The fourth-order valence-corrected chi connectivity index (χ4v) is 1.85. The van der Waals surface area contributed by atoms with E-state index in [1.54, 1.807) is 36.7 Å². The second-order valence-electron chi connectivity index (χ2n) is 4.79. The van der Waals surface area contributed by atoms with Gasteiger partial charge in [0, 0.05) is 11.1 Å². The summed E-state index contributed by atoms with van der Waals surface area (Å²) in [5.74, 6) is -0.0542. The molecule has 2 rings (SSSR count). The van der Waals surface area contributed by atoms with Crippen molar-refractivity contribution >= 4 is 17.6 Å². The van der Waals surface area contributed by atoms with Crippen LogP contribution in [0.3, 0.4) is 0 Å². The van der Waals surface area contributed by atoms with Crippen molar-refractivity contribution in [2.75, 3.05) is 0 Å². The van der Waals surface area contributed by atoms with Crippen molar-refractivity contribution in [1.82, 2.24) is 9.78 Å². The van der Waals surface area contributed by atoms with E-state index in [1.807, 2.05) is 19.1 Å². The summed E-state index contributed by atoms with van der Waals surface area (Å²) in [6, 6.07) is 9.04. The van der Waals surface area contributed by atoms with Crippen molar-refractivity contribution in [3.8, 4) is 11.6 Å². The number of benzene rings is 1. The predicted molar refractivity (Wildman–Crippen MR) is 78.4 cm³/mol. The van der Waals surface area contributed by atoms with Gasteiger partial charge in [-0.2, -0.15) is 5.10 Å². The van der Waals surface area contributed by atoms with Crippen molar-refractivity contribution in [2.45, 2.75) is 27.2 Å². The number of carbonyl (C=O) groups is 1. The fourth-order valence-electron chi connectivity index (χ4n) is 1.67. The molecule has 4 nitrogen and oxygen atoms in total. The molecule has 0 fully saturated rings.